The Kier molecular flexibility index (Phi) is 20.9. The number of aromatic nitrogens is 1. The number of cyclic esters (lactones) is 1. The standard InChI is InChI=1S/C57H91FN6O12/c1-15-47-57(11,70)51(66)37(6)63(13)31-33(2)27-55(9,69)53(35(4)49(36(5)54(68)75-47)46-28-56(10,71-14)52(67)38(7)73-46)76-48-26-44(25-34(3)72-48)62(12)24-22-43-32-64(61-60-43)45(29-58)50(74-39(8)65)41-20-18-40(19-21-41)42-17-16-23-59-30-42/h16-21,23,30,32-38,44-53,60-61,66-67,69-70H,15,22,24-29,31H2,1-14H3. The van der Waals surface area contributed by atoms with Crippen LogP contribution in [-0.2, 0) is 38.0 Å². The van der Waals surface area contributed by atoms with Crippen LogP contribution in [0.25, 0.3) is 11.1 Å². The molecule has 19 atom stereocenters. The number of nitrogens with one attached hydrogen (secondary N) is 2. The Hall–Kier alpha value is -3.86. The van der Waals surface area contributed by atoms with Gasteiger partial charge in [-0.3, -0.25) is 19.6 Å². The van der Waals surface area contributed by atoms with Crippen molar-refractivity contribution in [1.29, 1.82) is 0 Å². The Labute approximate surface area is 450 Å². The molecule has 0 saturated carbocycles. The lowest BCUT2D eigenvalue weighted by Crippen LogP contribution is -2.61. The number of alkyl halides is 1. The molecule has 3 saturated heterocycles. The predicted octanol–water partition coefficient (Wildman–Crippen LogP) is 5.83. The van der Waals surface area contributed by atoms with Crippen LogP contribution in [-0.4, -0.2) is 177 Å². The van der Waals surface area contributed by atoms with Crippen molar-refractivity contribution >= 4 is 11.9 Å². The number of pyridine rings is 1. The third-order valence-electron chi connectivity index (χ3n) is 17.1. The summed E-state index contributed by atoms with van der Waals surface area (Å²) in [7, 11) is 5.46. The average Bonchev–Trinajstić information content (AvgIpc) is 3.86. The third-order valence-corrected chi connectivity index (χ3v) is 17.1. The summed E-state index contributed by atoms with van der Waals surface area (Å²) in [5, 5.41) is 49.6. The van der Waals surface area contributed by atoms with Crippen LogP contribution in [0.3, 0.4) is 0 Å². The normalized spacial score (nSPS) is 38.3. The van der Waals surface area contributed by atoms with Crippen molar-refractivity contribution in [3.8, 4) is 11.1 Å². The van der Waals surface area contributed by atoms with Crippen LogP contribution in [0.1, 0.15) is 126 Å². The molecule has 18 nitrogen and oxygen atoms in total. The zero-order valence-electron chi connectivity index (χ0n) is 47.5. The van der Waals surface area contributed by atoms with Gasteiger partial charge >= 0.3 is 11.9 Å². The molecule has 0 aliphatic carbocycles. The molecule has 1 aromatic carbocycles. The molecule has 428 valence electrons. The Balaban J connectivity index is 1.24. The molecule has 0 radical (unpaired) electrons. The van der Waals surface area contributed by atoms with E-state index in [2.05, 4.69) is 20.8 Å². The van der Waals surface area contributed by atoms with Crippen molar-refractivity contribution in [1.82, 2.24) is 30.8 Å². The van der Waals surface area contributed by atoms with E-state index in [4.69, 9.17) is 28.4 Å². The maximum atomic E-state index is 15.1. The number of likely N-dealkylation sites (N-methyl/N-ethyl adjacent to an activating group) is 1. The highest BCUT2D eigenvalue weighted by atomic mass is 19.1. The summed E-state index contributed by atoms with van der Waals surface area (Å²) in [6.07, 6.45) is 0.200. The van der Waals surface area contributed by atoms with Crippen LogP contribution in [0, 0.1) is 23.7 Å². The lowest BCUT2D eigenvalue weighted by molar-refractivity contribution is -0.275. The highest BCUT2D eigenvalue weighted by Gasteiger charge is 2.54. The number of methoxy groups -OCH3 is 1. The van der Waals surface area contributed by atoms with E-state index in [1.807, 2.05) is 96.2 Å². The van der Waals surface area contributed by atoms with Gasteiger partial charge in [0.25, 0.3) is 0 Å². The minimum absolute atomic E-state index is 0.0145. The molecule has 0 spiro atoms. The fourth-order valence-electron chi connectivity index (χ4n) is 12.6. The molecule has 4 aliphatic heterocycles. The van der Waals surface area contributed by atoms with Gasteiger partial charge in [0.1, 0.15) is 36.6 Å². The van der Waals surface area contributed by atoms with Crippen LogP contribution in [0.5, 0.6) is 0 Å². The van der Waals surface area contributed by atoms with Gasteiger partial charge in [0.05, 0.1) is 41.5 Å². The maximum absolute atomic E-state index is 15.1. The van der Waals surface area contributed by atoms with Gasteiger partial charge in [-0.2, -0.15) is 0 Å². The van der Waals surface area contributed by atoms with Crippen LogP contribution in [0.4, 0.5) is 4.39 Å². The van der Waals surface area contributed by atoms with E-state index in [-0.39, 0.29) is 37.3 Å². The van der Waals surface area contributed by atoms with Crippen molar-refractivity contribution in [3.63, 3.8) is 0 Å². The maximum Gasteiger partial charge on any atom is 0.309 e. The molecular formula is C57H91FN6O12. The number of rotatable bonds is 15. The highest BCUT2D eigenvalue weighted by molar-refractivity contribution is 5.73. The van der Waals surface area contributed by atoms with Crippen molar-refractivity contribution < 1.29 is 62.8 Å². The summed E-state index contributed by atoms with van der Waals surface area (Å²) in [5.74, 6) is -3.44. The molecule has 0 amide bonds. The van der Waals surface area contributed by atoms with Gasteiger partial charge in [0.2, 0.25) is 0 Å². The molecule has 19 heteroatoms. The number of ether oxygens (including phenoxy) is 6. The van der Waals surface area contributed by atoms with E-state index in [1.165, 1.54) is 13.8 Å². The van der Waals surface area contributed by atoms with Crippen molar-refractivity contribution in [2.45, 2.75) is 205 Å². The predicted molar refractivity (Wildman–Crippen MR) is 285 cm³/mol. The topological polar surface area (TPSA) is 217 Å². The number of hydrogen-bond donors (Lipinski definition) is 6. The number of nitrogens with zero attached hydrogens (tertiary/aromatic N) is 4. The van der Waals surface area contributed by atoms with E-state index in [9.17, 15) is 30.0 Å². The summed E-state index contributed by atoms with van der Waals surface area (Å²) in [6, 6.07) is 9.84. The fourth-order valence-corrected chi connectivity index (χ4v) is 12.6. The van der Waals surface area contributed by atoms with Gasteiger partial charge in [0, 0.05) is 88.7 Å². The summed E-state index contributed by atoms with van der Waals surface area (Å²) in [4.78, 5) is 35.5. The largest absolute Gasteiger partial charge is 0.459 e. The van der Waals surface area contributed by atoms with E-state index in [0.717, 1.165) is 16.8 Å². The van der Waals surface area contributed by atoms with Crippen LogP contribution in [0.2, 0.25) is 0 Å². The zero-order valence-corrected chi connectivity index (χ0v) is 47.5. The smallest absolute Gasteiger partial charge is 0.309 e. The zero-order chi connectivity index (χ0) is 56.0. The number of hydrogen-bond acceptors (Lipinski definition) is 18. The Bertz CT molecular complexity index is 2210. The lowest BCUT2D eigenvalue weighted by atomic mass is 9.68. The van der Waals surface area contributed by atoms with Crippen molar-refractivity contribution in [3.05, 3.63) is 66.3 Å². The van der Waals surface area contributed by atoms with E-state index < -0.39 is 114 Å². The minimum atomic E-state index is -1.81. The number of aliphatic hydroxyl groups is 4. The molecule has 3 fully saturated rings. The number of halogens is 1. The molecule has 6 rings (SSSR count). The van der Waals surface area contributed by atoms with Gasteiger partial charge in [-0.25, -0.2) is 4.39 Å². The number of aliphatic hydroxyl groups excluding tert-OH is 2. The molecule has 1 aromatic heterocycles. The molecule has 19 unspecified atom stereocenters. The van der Waals surface area contributed by atoms with Crippen LogP contribution in [0.15, 0.2) is 60.7 Å². The first-order chi connectivity index (χ1) is 35.7. The monoisotopic (exact) mass is 1070 g/mol. The number of carbonyl (C=O) groups is 2. The molecular weight excluding hydrogens is 980 g/mol. The van der Waals surface area contributed by atoms with Gasteiger partial charge in [-0.1, -0.05) is 58.0 Å². The second kappa shape index (κ2) is 25.9. The summed E-state index contributed by atoms with van der Waals surface area (Å²) >= 11 is 0. The second-order valence-corrected chi connectivity index (χ2v) is 23.3. The number of esters is 2. The Morgan fingerprint density at radius 1 is 1.00 bits per heavy atom. The van der Waals surface area contributed by atoms with Crippen molar-refractivity contribution in [2.75, 3.05) is 41.0 Å². The minimum Gasteiger partial charge on any atom is -0.459 e. The number of hydrazine groups is 2. The molecule has 0 bridgehead atoms. The van der Waals surface area contributed by atoms with Crippen molar-refractivity contribution in [2.24, 2.45) is 23.7 Å². The third kappa shape index (κ3) is 14.3. The first kappa shape index (κ1) is 61.4. The van der Waals surface area contributed by atoms with Gasteiger partial charge in [0.15, 0.2) is 12.4 Å². The van der Waals surface area contributed by atoms with Crippen LogP contribution < -0.4 is 11.0 Å². The number of carbonyl (C=O) groups excluding carboxylic acids is 2. The van der Waals surface area contributed by atoms with Crippen LogP contribution >= 0.6 is 0 Å². The number of benzene rings is 1. The quantitative estimate of drug-likeness (QED) is 0.116. The van der Waals surface area contributed by atoms with E-state index >= 15 is 4.39 Å². The first-order valence-electron chi connectivity index (χ1n) is 27.4. The molecule has 2 aromatic rings. The van der Waals surface area contributed by atoms with E-state index in [1.54, 1.807) is 52.2 Å². The fraction of sp³-hybridized carbons (Fsp3) is 0.737. The summed E-state index contributed by atoms with van der Waals surface area (Å²) < 4.78 is 53.5. The molecule has 4 aliphatic rings. The summed E-state index contributed by atoms with van der Waals surface area (Å²) in [5.41, 5.74) is 5.22. The Morgan fingerprint density at radius 3 is 2.32 bits per heavy atom. The van der Waals surface area contributed by atoms with Gasteiger partial charge < -0.3 is 64.1 Å². The van der Waals surface area contributed by atoms with Gasteiger partial charge in [-0.05, 0) is 109 Å². The van der Waals surface area contributed by atoms with Gasteiger partial charge in [-0.15, -0.1) is 5.53 Å². The lowest BCUT2D eigenvalue weighted by Gasteiger charge is -2.51. The molecule has 5 heterocycles. The highest BCUT2D eigenvalue weighted by Crippen LogP contribution is 2.45. The SMILES string of the molecule is CCC1OC(=O)C(C)C(C2CC(C)(OC)C(O)C(C)O2)C(C)C(OC2CC(N(C)CCC3=CN(C(CF)C(OC(C)=O)c4ccc(-c5cccnc5)cc4)NN3)CC(C)O2)C(C)(O)CC(C)CN(C)C(C)C(O)C1(C)O. The molecule has 6 N–H and O–H groups in total. The Morgan fingerprint density at radius 2 is 1.70 bits per heavy atom. The van der Waals surface area contributed by atoms with E-state index in [0.29, 0.717) is 37.9 Å². The second-order valence-electron chi connectivity index (χ2n) is 23.3. The first-order valence-corrected chi connectivity index (χ1v) is 27.4. The molecule has 76 heavy (non-hydrogen) atoms. The average molecular weight is 1070 g/mol. The summed E-state index contributed by atoms with van der Waals surface area (Å²) in [6.45, 7) is 19.8.